The van der Waals surface area contributed by atoms with Gasteiger partial charge in [-0.15, -0.1) is 0 Å². The number of hydrogen-bond acceptors (Lipinski definition) is 1. The van der Waals surface area contributed by atoms with Crippen LogP contribution in [0.3, 0.4) is 0 Å². The Hall–Kier alpha value is -0.890. The van der Waals surface area contributed by atoms with E-state index in [1.54, 1.807) is 6.07 Å². The second-order valence-electron chi connectivity index (χ2n) is 2.79. The Labute approximate surface area is 71.9 Å². The summed E-state index contributed by atoms with van der Waals surface area (Å²) in [4.78, 5) is 0. The highest BCUT2D eigenvalue weighted by molar-refractivity contribution is 5.28. The number of benzene rings is 1. The van der Waals surface area contributed by atoms with Crippen LogP contribution < -0.4 is 0 Å². The summed E-state index contributed by atoms with van der Waals surface area (Å²) in [5, 5.41) is 8.70. The van der Waals surface area contributed by atoms with Crippen LogP contribution >= 0.6 is 0 Å². The van der Waals surface area contributed by atoms with Gasteiger partial charge in [-0.3, -0.25) is 0 Å². The van der Waals surface area contributed by atoms with Gasteiger partial charge in [-0.2, -0.15) is 0 Å². The van der Waals surface area contributed by atoms with Crippen molar-refractivity contribution < 1.29 is 9.50 Å². The van der Waals surface area contributed by atoms with Crippen LogP contribution in [0.25, 0.3) is 0 Å². The first-order valence-electron chi connectivity index (χ1n) is 4.08. The van der Waals surface area contributed by atoms with Gasteiger partial charge in [0.05, 0.1) is 0 Å². The molecule has 1 unspecified atom stereocenters. The van der Waals surface area contributed by atoms with E-state index in [2.05, 4.69) is 0 Å². The summed E-state index contributed by atoms with van der Waals surface area (Å²) in [6, 6.07) is 7.28. The normalized spacial score (nSPS) is 12.9. The zero-order valence-corrected chi connectivity index (χ0v) is 7.13. The number of alkyl halides is 1. The minimum Gasteiger partial charge on any atom is -0.396 e. The fraction of sp³-hybridized carbons (Fsp3) is 0.400. The molecular formula is C10H13FO. The van der Waals surface area contributed by atoms with Crippen molar-refractivity contribution >= 4 is 0 Å². The molecule has 0 aliphatic rings. The van der Waals surface area contributed by atoms with Gasteiger partial charge in [-0.05, 0) is 24.5 Å². The maximum Gasteiger partial charge on any atom is 0.123 e. The second kappa shape index (κ2) is 4.21. The Balaban J connectivity index is 2.92. The molecule has 0 amide bonds. The molecule has 0 spiro atoms. The van der Waals surface area contributed by atoms with E-state index in [0.717, 1.165) is 5.56 Å². The molecule has 0 aliphatic heterocycles. The van der Waals surface area contributed by atoms with Crippen LogP contribution in [0.2, 0.25) is 0 Å². The van der Waals surface area contributed by atoms with E-state index in [1.165, 1.54) is 6.92 Å². The number of aliphatic hydroxyl groups excluding tert-OH is 1. The van der Waals surface area contributed by atoms with Gasteiger partial charge in [0.1, 0.15) is 6.17 Å². The van der Waals surface area contributed by atoms with Crippen molar-refractivity contribution in [2.75, 3.05) is 6.61 Å². The summed E-state index contributed by atoms with van der Waals surface area (Å²) >= 11 is 0. The number of halogens is 1. The highest BCUT2D eigenvalue weighted by Gasteiger charge is 2.06. The lowest BCUT2D eigenvalue weighted by molar-refractivity contribution is 0.297. The largest absolute Gasteiger partial charge is 0.396 e. The van der Waals surface area contributed by atoms with Gasteiger partial charge in [-0.1, -0.05) is 24.3 Å². The summed E-state index contributed by atoms with van der Waals surface area (Å²) in [5.41, 5.74) is 1.58. The SMILES string of the molecule is CC(F)c1ccccc1CCO. The first kappa shape index (κ1) is 9.20. The molecular weight excluding hydrogens is 155 g/mol. The van der Waals surface area contributed by atoms with Gasteiger partial charge in [-0.25, -0.2) is 4.39 Å². The summed E-state index contributed by atoms with van der Waals surface area (Å²) in [6.45, 7) is 1.58. The summed E-state index contributed by atoms with van der Waals surface area (Å²) in [5.74, 6) is 0. The maximum atomic E-state index is 12.9. The molecule has 0 saturated heterocycles. The molecule has 0 radical (unpaired) electrons. The fourth-order valence-electron chi connectivity index (χ4n) is 1.27. The molecule has 1 atom stereocenters. The number of hydrogen-bond donors (Lipinski definition) is 1. The maximum absolute atomic E-state index is 12.9. The predicted molar refractivity (Wildman–Crippen MR) is 46.8 cm³/mol. The van der Waals surface area contributed by atoms with Gasteiger partial charge in [0.15, 0.2) is 0 Å². The molecule has 0 bridgehead atoms. The minimum atomic E-state index is -0.951. The van der Waals surface area contributed by atoms with Crippen molar-refractivity contribution in [2.24, 2.45) is 0 Å². The Morgan fingerprint density at radius 2 is 2.08 bits per heavy atom. The first-order chi connectivity index (χ1) is 5.75. The topological polar surface area (TPSA) is 20.2 Å². The number of rotatable bonds is 3. The van der Waals surface area contributed by atoms with E-state index >= 15 is 0 Å². The lowest BCUT2D eigenvalue weighted by atomic mass is 10.0. The van der Waals surface area contributed by atoms with Gasteiger partial charge < -0.3 is 5.11 Å². The third-order valence-electron chi connectivity index (χ3n) is 1.86. The second-order valence-corrected chi connectivity index (χ2v) is 2.79. The Kier molecular flexibility index (Phi) is 3.23. The first-order valence-corrected chi connectivity index (χ1v) is 4.08. The Morgan fingerprint density at radius 1 is 1.42 bits per heavy atom. The monoisotopic (exact) mass is 168 g/mol. The predicted octanol–water partition coefficient (Wildman–Crippen LogP) is 2.25. The highest BCUT2D eigenvalue weighted by atomic mass is 19.1. The van der Waals surface area contributed by atoms with Gasteiger partial charge >= 0.3 is 0 Å². The average Bonchev–Trinajstić information content (AvgIpc) is 2.05. The zero-order chi connectivity index (χ0) is 8.97. The van der Waals surface area contributed by atoms with Gasteiger partial charge in [0, 0.05) is 6.61 Å². The highest BCUT2D eigenvalue weighted by Crippen LogP contribution is 2.20. The molecule has 0 heterocycles. The molecule has 0 aromatic heterocycles. The molecule has 0 fully saturated rings. The third kappa shape index (κ3) is 2.05. The average molecular weight is 168 g/mol. The smallest absolute Gasteiger partial charge is 0.123 e. The molecule has 0 aliphatic carbocycles. The molecule has 2 heteroatoms. The van der Waals surface area contributed by atoms with E-state index < -0.39 is 6.17 Å². The van der Waals surface area contributed by atoms with E-state index in [-0.39, 0.29) is 6.61 Å². The molecule has 1 rings (SSSR count). The lowest BCUT2D eigenvalue weighted by Crippen LogP contribution is -1.97. The van der Waals surface area contributed by atoms with Crippen LogP contribution in [0.15, 0.2) is 24.3 Å². The van der Waals surface area contributed by atoms with Gasteiger partial charge in [0.2, 0.25) is 0 Å². The van der Waals surface area contributed by atoms with Crippen LogP contribution in [0.1, 0.15) is 24.2 Å². The quantitative estimate of drug-likeness (QED) is 0.734. The van der Waals surface area contributed by atoms with Crippen LogP contribution in [0.4, 0.5) is 4.39 Å². The fourth-order valence-corrected chi connectivity index (χ4v) is 1.27. The molecule has 1 nitrogen and oxygen atoms in total. The molecule has 66 valence electrons. The van der Waals surface area contributed by atoms with Crippen molar-refractivity contribution in [1.29, 1.82) is 0 Å². The molecule has 1 N–H and O–H groups in total. The van der Waals surface area contributed by atoms with Crippen LogP contribution in [-0.4, -0.2) is 11.7 Å². The van der Waals surface area contributed by atoms with Crippen LogP contribution in [-0.2, 0) is 6.42 Å². The Bertz CT molecular complexity index is 245. The molecule has 1 aromatic carbocycles. The van der Waals surface area contributed by atoms with E-state index in [9.17, 15) is 4.39 Å². The van der Waals surface area contributed by atoms with Crippen molar-refractivity contribution in [3.05, 3.63) is 35.4 Å². The third-order valence-corrected chi connectivity index (χ3v) is 1.86. The Morgan fingerprint density at radius 3 is 2.67 bits per heavy atom. The van der Waals surface area contributed by atoms with E-state index in [1.807, 2.05) is 18.2 Å². The van der Waals surface area contributed by atoms with E-state index in [4.69, 9.17) is 5.11 Å². The molecule has 12 heavy (non-hydrogen) atoms. The van der Waals surface area contributed by atoms with E-state index in [0.29, 0.717) is 12.0 Å². The van der Waals surface area contributed by atoms with Crippen LogP contribution in [0, 0.1) is 0 Å². The van der Waals surface area contributed by atoms with Crippen molar-refractivity contribution in [3.63, 3.8) is 0 Å². The molecule has 1 aromatic rings. The summed E-state index contributed by atoms with van der Waals surface area (Å²) in [6.07, 6.45) is -0.419. The minimum absolute atomic E-state index is 0.0731. The van der Waals surface area contributed by atoms with Gasteiger partial charge in [0.25, 0.3) is 0 Å². The summed E-state index contributed by atoms with van der Waals surface area (Å²) < 4.78 is 12.9. The lowest BCUT2D eigenvalue weighted by Gasteiger charge is -2.08. The zero-order valence-electron chi connectivity index (χ0n) is 7.13. The van der Waals surface area contributed by atoms with Crippen LogP contribution in [0.5, 0.6) is 0 Å². The van der Waals surface area contributed by atoms with Crippen molar-refractivity contribution in [1.82, 2.24) is 0 Å². The van der Waals surface area contributed by atoms with Crippen molar-refractivity contribution in [2.45, 2.75) is 19.5 Å². The molecule has 0 saturated carbocycles. The van der Waals surface area contributed by atoms with Crippen molar-refractivity contribution in [3.8, 4) is 0 Å². The standard InChI is InChI=1S/C10H13FO/c1-8(11)10-5-3-2-4-9(10)6-7-12/h2-5,8,12H,6-7H2,1H3. The number of aliphatic hydroxyl groups is 1. The summed E-state index contributed by atoms with van der Waals surface area (Å²) in [7, 11) is 0.